The number of nitrogens with zero attached hydrogens (tertiary/aromatic N) is 4. The van der Waals surface area contributed by atoms with Crippen LogP contribution in [0.3, 0.4) is 0 Å². The van der Waals surface area contributed by atoms with Gasteiger partial charge in [0.15, 0.2) is 0 Å². The third-order valence-corrected chi connectivity index (χ3v) is 12.9. The van der Waals surface area contributed by atoms with Crippen LogP contribution in [-0.4, -0.2) is 20.3 Å². The Hall–Kier alpha value is -6.34. The second-order valence-corrected chi connectivity index (χ2v) is 15.7. The highest BCUT2D eigenvalue weighted by Gasteiger charge is 2.17. The minimum Gasteiger partial charge on any atom is -0.312 e. The van der Waals surface area contributed by atoms with Crippen molar-refractivity contribution in [3.05, 3.63) is 158 Å². The van der Waals surface area contributed by atoms with E-state index in [-0.39, 0.29) is 0 Å². The molecule has 0 saturated carbocycles. The van der Waals surface area contributed by atoms with Gasteiger partial charge in [0, 0.05) is 80.6 Å². The van der Waals surface area contributed by atoms with E-state index in [2.05, 4.69) is 150 Å². The van der Waals surface area contributed by atoms with E-state index in [1.54, 1.807) is 12.3 Å². The largest absolute Gasteiger partial charge is 0.312 e. The van der Waals surface area contributed by atoms with Gasteiger partial charge in [-0.2, -0.15) is 0 Å². The molecule has 0 N–H and O–H groups in total. The van der Waals surface area contributed by atoms with Crippen molar-refractivity contribution in [3.63, 3.8) is 0 Å². The summed E-state index contributed by atoms with van der Waals surface area (Å²) in [7, 11) is 0. The molecule has 11 rings (SSSR count). The van der Waals surface area contributed by atoms with E-state index < -0.39 is 0 Å². The Kier molecular flexibility index (Phi) is 6.62. The number of rotatable bonds is 5. The number of para-hydroxylation sites is 2. The molecule has 0 aliphatic rings. The van der Waals surface area contributed by atoms with Gasteiger partial charge in [-0.05, 0) is 103 Å². The number of hydrogen-bond donors (Lipinski definition) is 0. The number of benzene rings is 6. The number of aliphatic imine (C=N–C) groups is 1. The minimum atomic E-state index is 0.980. The van der Waals surface area contributed by atoms with Gasteiger partial charge in [0.25, 0.3) is 0 Å². The summed E-state index contributed by atoms with van der Waals surface area (Å²) in [4.78, 5) is 9.52. The second kappa shape index (κ2) is 11.6. The molecule has 250 valence electrons. The van der Waals surface area contributed by atoms with E-state index in [0.29, 0.717) is 0 Å². The highest BCUT2D eigenvalue weighted by atomic mass is 32.1. The van der Waals surface area contributed by atoms with Crippen LogP contribution in [0.1, 0.15) is 5.69 Å². The first-order valence-electron chi connectivity index (χ1n) is 17.7. The summed E-state index contributed by atoms with van der Waals surface area (Å²) in [6, 6.07) is 48.9. The number of pyridine rings is 1. The maximum atomic E-state index is 4.76. The van der Waals surface area contributed by atoms with Crippen molar-refractivity contribution in [3.8, 4) is 22.5 Å². The Labute approximate surface area is 312 Å². The van der Waals surface area contributed by atoms with Crippen molar-refractivity contribution < 1.29 is 0 Å². The SMILES string of the molecule is C=CC=Nc1c(C)n(-c2ccc3sc4ccc(-c5ccc6sc7ccc(-n8c9ccccc9c9ncccc98)cc7c6c5)cc4c3c2)c2ccccc12. The standard InChI is InChI=1S/C47H30N4S2/c1-3-22-48-46-28(2)50(39-11-6-4-9-33(39)46)31-16-20-44-37(26-31)35-24-29(14-18-42(35)52-44)30-15-19-43-36(25-30)38-27-32(17-21-45(38)53-43)51-40-12-7-5-10-34(40)47-41(51)13-8-23-49-47/h3-27H,1H2,2H3. The summed E-state index contributed by atoms with van der Waals surface area (Å²) in [5.41, 5.74) is 11.3. The monoisotopic (exact) mass is 714 g/mol. The molecule has 6 heteroatoms. The molecular formula is C47H30N4S2. The smallest absolute Gasteiger partial charge is 0.0963 e. The summed E-state index contributed by atoms with van der Waals surface area (Å²) in [5, 5.41) is 7.41. The first kappa shape index (κ1) is 30.3. The Bertz CT molecular complexity index is 3280. The van der Waals surface area contributed by atoms with Gasteiger partial charge >= 0.3 is 0 Å². The molecule has 0 aliphatic carbocycles. The van der Waals surface area contributed by atoms with Crippen LogP contribution in [-0.2, 0) is 0 Å². The number of thiophene rings is 2. The number of aromatic nitrogens is 3. The maximum Gasteiger partial charge on any atom is 0.0963 e. The van der Waals surface area contributed by atoms with Gasteiger partial charge in [-0.15, -0.1) is 22.7 Å². The topological polar surface area (TPSA) is 35.1 Å². The Morgan fingerprint density at radius 2 is 1.08 bits per heavy atom. The van der Waals surface area contributed by atoms with E-state index >= 15 is 0 Å². The van der Waals surface area contributed by atoms with Gasteiger partial charge < -0.3 is 9.13 Å². The van der Waals surface area contributed by atoms with Crippen molar-refractivity contribution in [1.82, 2.24) is 14.1 Å². The summed E-state index contributed by atoms with van der Waals surface area (Å²) >= 11 is 3.71. The Balaban J connectivity index is 1.05. The summed E-state index contributed by atoms with van der Waals surface area (Å²) in [6.45, 7) is 5.99. The molecule has 0 amide bonds. The van der Waals surface area contributed by atoms with Crippen LogP contribution in [0.5, 0.6) is 0 Å². The zero-order chi connectivity index (χ0) is 35.2. The van der Waals surface area contributed by atoms with Crippen molar-refractivity contribution in [2.24, 2.45) is 4.99 Å². The number of fused-ring (bicyclic) bond motifs is 10. The summed E-state index contributed by atoms with van der Waals surface area (Å²) in [6.07, 6.45) is 5.38. The average Bonchev–Trinajstić information content (AvgIpc) is 3.93. The number of allylic oxidation sites excluding steroid dienone is 1. The molecule has 53 heavy (non-hydrogen) atoms. The molecule has 0 bridgehead atoms. The maximum absolute atomic E-state index is 4.76. The zero-order valence-corrected chi connectivity index (χ0v) is 30.4. The first-order valence-corrected chi connectivity index (χ1v) is 19.3. The van der Waals surface area contributed by atoms with Gasteiger partial charge in [0.05, 0.1) is 27.8 Å². The molecule has 0 spiro atoms. The van der Waals surface area contributed by atoms with Crippen molar-refractivity contribution in [2.75, 3.05) is 0 Å². The minimum absolute atomic E-state index is 0.980. The quantitative estimate of drug-likeness (QED) is 0.163. The van der Waals surface area contributed by atoms with E-state index in [0.717, 1.165) is 44.7 Å². The molecule has 0 radical (unpaired) electrons. The van der Waals surface area contributed by atoms with Crippen LogP contribution in [0.25, 0.3) is 95.7 Å². The van der Waals surface area contributed by atoms with Crippen LogP contribution in [0.15, 0.2) is 157 Å². The van der Waals surface area contributed by atoms with Crippen molar-refractivity contribution >= 4 is 108 Å². The molecule has 11 aromatic rings. The van der Waals surface area contributed by atoms with Gasteiger partial charge in [-0.1, -0.05) is 61.2 Å². The fraction of sp³-hybridized carbons (Fsp3) is 0.0213. The molecule has 0 fully saturated rings. The highest BCUT2D eigenvalue weighted by molar-refractivity contribution is 7.26. The third-order valence-electron chi connectivity index (χ3n) is 10.6. The number of hydrogen-bond acceptors (Lipinski definition) is 4. The van der Waals surface area contributed by atoms with Crippen LogP contribution in [0.4, 0.5) is 5.69 Å². The average molecular weight is 715 g/mol. The highest BCUT2D eigenvalue weighted by Crippen LogP contribution is 2.42. The van der Waals surface area contributed by atoms with Crippen molar-refractivity contribution in [2.45, 2.75) is 6.92 Å². The zero-order valence-electron chi connectivity index (χ0n) is 28.7. The van der Waals surface area contributed by atoms with Gasteiger partial charge in [-0.3, -0.25) is 9.98 Å². The molecule has 0 saturated heterocycles. The van der Waals surface area contributed by atoms with E-state index in [1.807, 2.05) is 34.9 Å². The fourth-order valence-electron chi connectivity index (χ4n) is 8.20. The predicted molar refractivity (Wildman–Crippen MR) is 230 cm³/mol. The lowest BCUT2D eigenvalue weighted by Crippen LogP contribution is -1.95. The molecule has 5 heterocycles. The lowest BCUT2D eigenvalue weighted by atomic mass is 10.0. The van der Waals surface area contributed by atoms with Crippen LogP contribution >= 0.6 is 22.7 Å². The Morgan fingerprint density at radius 1 is 0.547 bits per heavy atom. The lowest BCUT2D eigenvalue weighted by Gasteiger charge is -2.09. The first-order chi connectivity index (χ1) is 26.1. The Morgan fingerprint density at radius 3 is 1.72 bits per heavy atom. The van der Waals surface area contributed by atoms with Crippen LogP contribution in [0, 0.1) is 6.92 Å². The van der Waals surface area contributed by atoms with Crippen LogP contribution < -0.4 is 0 Å². The van der Waals surface area contributed by atoms with E-state index in [9.17, 15) is 0 Å². The third kappa shape index (κ3) is 4.53. The molecule has 6 aromatic carbocycles. The molecule has 4 nitrogen and oxygen atoms in total. The van der Waals surface area contributed by atoms with E-state index in [1.165, 1.54) is 62.4 Å². The molecule has 0 aliphatic heterocycles. The molecular weight excluding hydrogens is 685 g/mol. The lowest BCUT2D eigenvalue weighted by molar-refractivity contribution is 1.06. The predicted octanol–water partition coefficient (Wildman–Crippen LogP) is 13.7. The normalized spacial score (nSPS) is 12.2. The molecule has 0 unspecified atom stereocenters. The summed E-state index contributed by atoms with van der Waals surface area (Å²) in [5.74, 6) is 0. The second-order valence-electron chi connectivity index (χ2n) is 13.5. The molecule has 5 aromatic heterocycles. The fourth-order valence-corrected chi connectivity index (χ4v) is 10.3. The molecule has 0 atom stereocenters. The van der Waals surface area contributed by atoms with Gasteiger partial charge in [-0.25, -0.2) is 0 Å². The van der Waals surface area contributed by atoms with E-state index in [4.69, 9.17) is 9.98 Å². The van der Waals surface area contributed by atoms with Gasteiger partial charge in [0.2, 0.25) is 0 Å². The summed E-state index contributed by atoms with van der Waals surface area (Å²) < 4.78 is 9.84. The van der Waals surface area contributed by atoms with Crippen molar-refractivity contribution in [1.29, 1.82) is 0 Å². The van der Waals surface area contributed by atoms with Crippen LogP contribution in [0.2, 0.25) is 0 Å². The van der Waals surface area contributed by atoms with Gasteiger partial charge in [0.1, 0.15) is 0 Å².